The maximum absolute atomic E-state index is 13.4. The van der Waals surface area contributed by atoms with Gasteiger partial charge in [0.2, 0.25) is 0 Å². The fourth-order valence-electron chi connectivity index (χ4n) is 4.24. The first kappa shape index (κ1) is 22.5. The van der Waals surface area contributed by atoms with Gasteiger partial charge in [0.05, 0.1) is 17.1 Å². The van der Waals surface area contributed by atoms with Gasteiger partial charge in [0, 0.05) is 30.3 Å². The number of aromatic amines is 1. The monoisotopic (exact) mass is 466 g/mol. The van der Waals surface area contributed by atoms with Crippen LogP contribution < -0.4 is 11.3 Å². The molecule has 1 aliphatic rings. The Kier molecular flexibility index (Phi) is 6.36. The highest BCUT2D eigenvalue weighted by Crippen LogP contribution is 2.28. The molecular weight excluding hydrogens is 440 g/mol. The minimum Gasteiger partial charge on any atom is -0.337 e. The zero-order valence-corrected chi connectivity index (χ0v) is 19.2. The summed E-state index contributed by atoms with van der Waals surface area (Å²) in [7, 11) is 0. The van der Waals surface area contributed by atoms with Crippen molar-refractivity contribution < 1.29 is 4.79 Å². The minimum atomic E-state index is -0.329. The number of amides is 1. The Hall–Kier alpha value is -4.30. The van der Waals surface area contributed by atoms with Crippen molar-refractivity contribution in [2.45, 2.75) is 18.9 Å². The number of nitrogens with zero attached hydrogens (tertiary/aromatic N) is 4. The van der Waals surface area contributed by atoms with Gasteiger partial charge in [-0.1, -0.05) is 48.5 Å². The molecule has 3 aromatic carbocycles. The van der Waals surface area contributed by atoms with Crippen LogP contribution in [0.25, 0.3) is 16.9 Å². The number of benzene rings is 3. The topological polar surface area (TPSA) is 109 Å². The molecule has 0 radical (unpaired) electrons. The van der Waals surface area contributed by atoms with Gasteiger partial charge in [0.15, 0.2) is 5.69 Å². The number of azo groups is 1. The summed E-state index contributed by atoms with van der Waals surface area (Å²) in [5, 5.41) is 11.7. The summed E-state index contributed by atoms with van der Waals surface area (Å²) < 4.78 is 1.42. The second-order valence-electron chi connectivity index (χ2n) is 8.58. The molecule has 8 heteroatoms. The molecule has 1 aromatic heterocycles. The Balaban J connectivity index is 1.49. The van der Waals surface area contributed by atoms with Crippen molar-refractivity contribution in [1.29, 1.82) is 0 Å². The minimum absolute atomic E-state index is 0.0179. The van der Waals surface area contributed by atoms with Crippen LogP contribution in [0.15, 0.2) is 100.0 Å². The number of nitrogens with one attached hydrogen (secondary N) is 1. The molecule has 1 atom stereocenters. The van der Waals surface area contributed by atoms with E-state index in [1.165, 1.54) is 4.68 Å². The Morgan fingerprint density at radius 2 is 1.60 bits per heavy atom. The maximum atomic E-state index is 13.4. The second-order valence-corrected chi connectivity index (χ2v) is 8.58. The smallest absolute Gasteiger partial charge is 0.299 e. The van der Waals surface area contributed by atoms with Crippen molar-refractivity contribution >= 4 is 17.3 Å². The van der Waals surface area contributed by atoms with Crippen LogP contribution >= 0.6 is 0 Å². The molecule has 1 saturated heterocycles. The van der Waals surface area contributed by atoms with Crippen molar-refractivity contribution in [2.24, 2.45) is 16.0 Å². The van der Waals surface area contributed by atoms with E-state index in [1.54, 1.807) is 29.2 Å². The summed E-state index contributed by atoms with van der Waals surface area (Å²) in [5.41, 5.74) is 9.11. The van der Waals surface area contributed by atoms with E-state index >= 15 is 0 Å². The fraction of sp³-hybridized carbons (Fsp3) is 0.185. The molecule has 8 nitrogen and oxygen atoms in total. The normalized spacial score (nSPS) is 16.0. The van der Waals surface area contributed by atoms with Crippen molar-refractivity contribution in [3.8, 4) is 16.9 Å². The first-order valence-corrected chi connectivity index (χ1v) is 11.6. The largest absolute Gasteiger partial charge is 0.337 e. The molecule has 5 rings (SSSR count). The van der Waals surface area contributed by atoms with Gasteiger partial charge in [-0.15, -0.1) is 5.11 Å². The average molecular weight is 467 g/mol. The second kappa shape index (κ2) is 9.90. The highest BCUT2D eigenvalue weighted by Gasteiger charge is 2.23. The quantitative estimate of drug-likeness (QED) is 0.412. The number of rotatable bonds is 5. The van der Waals surface area contributed by atoms with E-state index in [-0.39, 0.29) is 23.2 Å². The molecule has 176 valence electrons. The lowest BCUT2D eigenvalue weighted by molar-refractivity contribution is 0.0709. The molecule has 0 saturated carbocycles. The van der Waals surface area contributed by atoms with Crippen LogP contribution in [0, 0.1) is 0 Å². The van der Waals surface area contributed by atoms with E-state index in [1.807, 2.05) is 60.7 Å². The van der Waals surface area contributed by atoms with Gasteiger partial charge >= 0.3 is 0 Å². The first-order chi connectivity index (χ1) is 17.1. The van der Waals surface area contributed by atoms with Crippen LogP contribution in [0.4, 0.5) is 11.4 Å². The number of carbonyl (C=O) groups is 1. The summed E-state index contributed by atoms with van der Waals surface area (Å²) in [6, 6.07) is 25.8. The van der Waals surface area contributed by atoms with E-state index in [2.05, 4.69) is 15.3 Å². The Labute approximate surface area is 202 Å². The van der Waals surface area contributed by atoms with Gasteiger partial charge in [0.25, 0.3) is 11.5 Å². The molecule has 3 N–H and O–H groups in total. The molecule has 0 unspecified atom stereocenters. The fourth-order valence-corrected chi connectivity index (χ4v) is 4.24. The highest BCUT2D eigenvalue weighted by atomic mass is 16.2. The third-order valence-electron chi connectivity index (χ3n) is 6.07. The summed E-state index contributed by atoms with van der Waals surface area (Å²) in [6.45, 7) is 1.27. The lowest BCUT2D eigenvalue weighted by Gasteiger charge is -2.30. The zero-order valence-electron chi connectivity index (χ0n) is 19.2. The molecule has 1 amide bonds. The van der Waals surface area contributed by atoms with E-state index in [0.29, 0.717) is 35.7 Å². The van der Waals surface area contributed by atoms with Gasteiger partial charge in [-0.3, -0.25) is 14.7 Å². The Bertz CT molecular complexity index is 1390. The number of hydrogen-bond acceptors (Lipinski definition) is 5. The lowest BCUT2D eigenvalue weighted by Crippen LogP contribution is -2.45. The van der Waals surface area contributed by atoms with E-state index in [0.717, 1.165) is 18.4 Å². The Morgan fingerprint density at radius 3 is 2.29 bits per heavy atom. The SMILES string of the molecule is N[C@@H]1CCCN(C(=O)c2ccc(-n3[nH]c(-c4ccccc4)c(N=Nc4ccccc4)c3=O)cc2)C1. The van der Waals surface area contributed by atoms with Gasteiger partial charge in [-0.2, -0.15) is 5.11 Å². The van der Waals surface area contributed by atoms with E-state index in [9.17, 15) is 9.59 Å². The summed E-state index contributed by atoms with van der Waals surface area (Å²) in [4.78, 5) is 28.1. The van der Waals surface area contributed by atoms with Gasteiger partial charge in [0.1, 0.15) is 0 Å². The number of piperidine rings is 1. The van der Waals surface area contributed by atoms with E-state index < -0.39 is 0 Å². The van der Waals surface area contributed by atoms with Gasteiger partial charge < -0.3 is 10.6 Å². The third kappa shape index (κ3) is 4.83. The molecule has 1 aliphatic heterocycles. The van der Waals surface area contributed by atoms with E-state index in [4.69, 9.17) is 5.73 Å². The van der Waals surface area contributed by atoms with Gasteiger partial charge in [-0.05, 0) is 49.2 Å². The standard InChI is InChI=1S/C27H26N6O2/c28-21-10-7-17-32(18-21)26(34)20-13-15-23(16-14-20)33-27(35)25(30-29-22-11-5-2-6-12-22)24(31-33)19-8-3-1-4-9-19/h1-6,8-9,11-16,21,31H,7,10,17-18,28H2/t21-/m1/s1. The number of hydrogen-bond donors (Lipinski definition) is 2. The number of H-pyrrole nitrogens is 1. The summed E-state index contributed by atoms with van der Waals surface area (Å²) in [6.07, 6.45) is 1.84. The molecule has 0 aliphatic carbocycles. The molecule has 35 heavy (non-hydrogen) atoms. The zero-order chi connectivity index (χ0) is 24.2. The van der Waals surface area contributed by atoms with Crippen molar-refractivity contribution in [3.63, 3.8) is 0 Å². The highest BCUT2D eigenvalue weighted by molar-refractivity contribution is 5.94. The predicted molar refractivity (Wildman–Crippen MR) is 136 cm³/mol. The van der Waals surface area contributed by atoms with Crippen LogP contribution in [0.5, 0.6) is 0 Å². The predicted octanol–water partition coefficient (Wildman–Crippen LogP) is 4.81. The molecule has 0 spiro atoms. The van der Waals surface area contributed by atoms with Gasteiger partial charge in [-0.25, -0.2) is 4.68 Å². The lowest BCUT2D eigenvalue weighted by atomic mass is 10.1. The Morgan fingerprint density at radius 1 is 0.914 bits per heavy atom. The van der Waals surface area contributed by atoms with Crippen LogP contribution in [0.1, 0.15) is 23.2 Å². The van der Waals surface area contributed by atoms with Crippen LogP contribution in [-0.2, 0) is 0 Å². The molecule has 2 heterocycles. The summed E-state index contributed by atoms with van der Waals surface area (Å²) in [5.74, 6) is -0.0483. The van der Waals surface area contributed by atoms with Crippen LogP contribution in [0.3, 0.4) is 0 Å². The van der Waals surface area contributed by atoms with Crippen LogP contribution in [0.2, 0.25) is 0 Å². The van der Waals surface area contributed by atoms with Crippen molar-refractivity contribution in [1.82, 2.24) is 14.7 Å². The van der Waals surface area contributed by atoms with Crippen molar-refractivity contribution in [3.05, 3.63) is 101 Å². The third-order valence-corrected chi connectivity index (χ3v) is 6.07. The number of aromatic nitrogens is 2. The van der Waals surface area contributed by atoms with Crippen LogP contribution in [-0.4, -0.2) is 39.7 Å². The number of nitrogens with two attached hydrogens (primary N) is 1. The summed E-state index contributed by atoms with van der Waals surface area (Å²) >= 11 is 0. The maximum Gasteiger partial charge on any atom is 0.299 e. The van der Waals surface area contributed by atoms with Crippen molar-refractivity contribution in [2.75, 3.05) is 13.1 Å². The molecule has 4 aromatic rings. The average Bonchev–Trinajstić information content (AvgIpc) is 3.24. The number of carbonyl (C=O) groups excluding carboxylic acids is 1. The molecular formula is C27H26N6O2. The molecule has 1 fully saturated rings. The number of likely N-dealkylation sites (tertiary alicyclic amines) is 1. The molecule has 0 bridgehead atoms. The first-order valence-electron chi connectivity index (χ1n) is 11.6.